The first kappa shape index (κ1) is 18.7. The maximum absolute atomic E-state index is 12.6. The van der Waals surface area contributed by atoms with Crippen LogP contribution >= 0.6 is 15.9 Å². The Labute approximate surface area is 161 Å². The van der Waals surface area contributed by atoms with Gasteiger partial charge in [0.25, 0.3) is 0 Å². The van der Waals surface area contributed by atoms with Crippen molar-refractivity contribution in [1.29, 1.82) is 0 Å². The molecule has 0 spiro atoms. The van der Waals surface area contributed by atoms with E-state index in [4.69, 9.17) is 4.74 Å². The SMILES string of the molecule is COc1ccc(C(C)NC(=O)N2CCC(c3nncn3C)CC2)cc1Br. The van der Waals surface area contributed by atoms with Gasteiger partial charge in [0.2, 0.25) is 0 Å². The number of halogens is 1. The maximum atomic E-state index is 12.6. The Morgan fingerprint density at radius 1 is 1.38 bits per heavy atom. The number of aromatic nitrogens is 3. The van der Waals surface area contributed by atoms with Gasteiger partial charge in [-0.15, -0.1) is 10.2 Å². The molecule has 1 aromatic heterocycles. The zero-order chi connectivity index (χ0) is 18.7. The third-order valence-corrected chi connectivity index (χ3v) is 5.53. The fraction of sp³-hybridized carbons (Fsp3) is 0.500. The Kier molecular flexibility index (Phi) is 5.80. The standard InChI is InChI=1S/C18H24BrN5O2/c1-12(14-4-5-16(26-3)15(19)10-14)21-18(25)24-8-6-13(7-9-24)17-22-20-11-23(17)2/h4-5,10-13H,6-9H2,1-3H3,(H,21,25). The molecule has 3 rings (SSSR count). The second-order valence-corrected chi connectivity index (χ2v) is 7.48. The van der Waals surface area contributed by atoms with Gasteiger partial charge in [0.05, 0.1) is 17.6 Å². The Morgan fingerprint density at radius 2 is 2.12 bits per heavy atom. The number of hydrogen-bond donors (Lipinski definition) is 1. The van der Waals surface area contributed by atoms with Crippen molar-refractivity contribution in [3.8, 4) is 5.75 Å². The highest BCUT2D eigenvalue weighted by atomic mass is 79.9. The lowest BCUT2D eigenvalue weighted by Gasteiger charge is -2.32. The number of likely N-dealkylation sites (tertiary alicyclic amines) is 1. The van der Waals surface area contributed by atoms with Crippen molar-refractivity contribution in [2.24, 2.45) is 7.05 Å². The van der Waals surface area contributed by atoms with Crippen LogP contribution in [0.25, 0.3) is 0 Å². The molecule has 0 radical (unpaired) electrons. The van der Waals surface area contributed by atoms with Gasteiger partial charge in [-0.3, -0.25) is 0 Å². The molecule has 1 atom stereocenters. The van der Waals surface area contributed by atoms with Crippen molar-refractivity contribution >= 4 is 22.0 Å². The molecule has 2 heterocycles. The smallest absolute Gasteiger partial charge is 0.317 e. The minimum atomic E-state index is -0.0822. The molecule has 1 aliphatic heterocycles. The van der Waals surface area contributed by atoms with Crippen LogP contribution < -0.4 is 10.1 Å². The highest BCUT2D eigenvalue weighted by Crippen LogP contribution is 2.29. The quantitative estimate of drug-likeness (QED) is 0.821. The van der Waals surface area contributed by atoms with E-state index in [2.05, 4.69) is 31.4 Å². The molecule has 0 aliphatic carbocycles. The summed E-state index contributed by atoms with van der Waals surface area (Å²) in [5.41, 5.74) is 1.03. The number of piperidine rings is 1. The van der Waals surface area contributed by atoms with E-state index in [1.54, 1.807) is 13.4 Å². The number of methoxy groups -OCH3 is 1. The molecule has 1 unspecified atom stereocenters. The lowest BCUT2D eigenvalue weighted by molar-refractivity contribution is 0.177. The van der Waals surface area contributed by atoms with Gasteiger partial charge < -0.3 is 19.5 Å². The number of nitrogens with one attached hydrogen (secondary N) is 1. The first-order chi connectivity index (χ1) is 12.5. The number of amides is 2. The summed E-state index contributed by atoms with van der Waals surface area (Å²) in [6.07, 6.45) is 3.54. The number of benzene rings is 1. The summed E-state index contributed by atoms with van der Waals surface area (Å²) in [6, 6.07) is 5.73. The number of hydrogen-bond acceptors (Lipinski definition) is 4. The molecule has 1 N–H and O–H groups in total. The van der Waals surface area contributed by atoms with E-state index in [0.717, 1.165) is 47.5 Å². The molecule has 7 nitrogen and oxygen atoms in total. The van der Waals surface area contributed by atoms with Crippen LogP contribution in [-0.2, 0) is 7.05 Å². The monoisotopic (exact) mass is 421 g/mol. The topological polar surface area (TPSA) is 72.3 Å². The number of carbonyl (C=O) groups is 1. The molecular formula is C18H24BrN5O2. The van der Waals surface area contributed by atoms with Crippen LogP contribution in [0.4, 0.5) is 4.79 Å². The highest BCUT2D eigenvalue weighted by Gasteiger charge is 2.27. The fourth-order valence-electron chi connectivity index (χ4n) is 3.31. The number of rotatable bonds is 4. The van der Waals surface area contributed by atoms with E-state index < -0.39 is 0 Å². The summed E-state index contributed by atoms with van der Waals surface area (Å²) < 4.78 is 8.09. The number of nitrogens with zero attached hydrogens (tertiary/aromatic N) is 4. The summed E-state index contributed by atoms with van der Waals surface area (Å²) >= 11 is 3.49. The Morgan fingerprint density at radius 3 is 2.69 bits per heavy atom. The van der Waals surface area contributed by atoms with Gasteiger partial charge in [0.15, 0.2) is 0 Å². The third-order valence-electron chi connectivity index (χ3n) is 4.91. The van der Waals surface area contributed by atoms with E-state index in [1.807, 2.05) is 41.6 Å². The van der Waals surface area contributed by atoms with Crippen LogP contribution in [-0.4, -0.2) is 45.9 Å². The van der Waals surface area contributed by atoms with Gasteiger partial charge in [0, 0.05) is 26.1 Å². The van der Waals surface area contributed by atoms with Crippen molar-refractivity contribution in [2.45, 2.75) is 31.7 Å². The normalized spacial score (nSPS) is 16.4. The Hall–Kier alpha value is -2.09. The van der Waals surface area contributed by atoms with Crippen molar-refractivity contribution in [1.82, 2.24) is 25.0 Å². The largest absolute Gasteiger partial charge is 0.496 e. The lowest BCUT2D eigenvalue weighted by Crippen LogP contribution is -2.45. The fourth-order valence-corrected chi connectivity index (χ4v) is 3.87. The van der Waals surface area contributed by atoms with Crippen molar-refractivity contribution in [2.75, 3.05) is 20.2 Å². The second kappa shape index (κ2) is 8.07. The molecule has 140 valence electrons. The molecule has 8 heteroatoms. The molecule has 0 bridgehead atoms. The highest BCUT2D eigenvalue weighted by molar-refractivity contribution is 9.10. The molecule has 1 aromatic carbocycles. The average molecular weight is 422 g/mol. The molecule has 2 amide bonds. The van der Waals surface area contributed by atoms with Crippen molar-refractivity contribution < 1.29 is 9.53 Å². The first-order valence-corrected chi connectivity index (χ1v) is 9.51. The van der Waals surface area contributed by atoms with Crippen LogP contribution in [0.15, 0.2) is 29.0 Å². The second-order valence-electron chi connectivity index (χ2n) is 6.63. The molecule has 2 aromatic rings. The molecule has 1 saturated heterocycles. The van der Waals surface area contributed by atoms with Crippen molar-refractivity contribution in [3.63, 3.8) is 0 Å². The van der Waals surface area contributed by atoms with E-state index in [1.165, 1.54) is 0 Å². The third kappa shape index (κ3) is 4.00. The summed E-state index contributed by atoms with van der Waals surface area (Å²) in [4.78, 5) is 14.5. The minimum absolute atomic E-state index is 0.0270. The number of urea groups is 1. The number of aryl methyl sites for hydroxylation is 1. The predicted molar refractivity (Wildman–Crippen MR) is 102 cm³/mol. The summed E-state index contributed by atoms with van der Waals surface area (Å²) in [5.74, 6) is 2.14. The maximum Gasteiger partial charge on any atom is 0.317 e. The van der Waals surface area contributed by atoms with E-state index in [-0.39, 0.29) is 12.1 Å². The Balaban J connectivity index is 1.55. The van der Waals surface area contributed by atoms with Crippen molar-refractivity contribution in [3.05, 3.63) is 40.4 Å². The summed E-state index contributed by atoms with van der Waals surface area (Å²) in [6.45, 7) is 3.43. The van der Waals surface area contributed by atoms with Crippen LogP contribution in [0.3, 0.4) is 0 Å². The van der Waals surface area contributed by atoms with Gasteiger partial charge >= 0.3 is 6.03 Å². The van der Waals surface area contributed by atoms with Crippen LogP contribution in [0.2, 0.25) is 0 Å². The van der Waals surface area contributed by atoms with E-state index in [0.29, 0.717) is 5.92 Å². The first-order valence-electron chi connectivity index (χ1n) is 8.72. The van der Waals surface area contributed by atoms with Crippen LogP contribution in [0.5, 0.6) is 5.75 Å². The number of carbonyl (C=O) groups excluding carboxylic acids is 1. The van der Waals surface area contributed by atoms with Gasteiger partial charge in [0.1, 0.15) is 17.9 Å². The summed E-state index contributed by atoms with van der Waals surface area (Å²) in [5, 5.41) is 11.2. The molecule has 1 aliphatic rings. The predicted octanol–water partition coefficient (Wildman–Crippen LogP) is 3.24. The molecular weight excluding hydrogens is 398 g/mol. The van der Waals surface area contributed by atoms with E-state index in [9.17, 15) is 4.79 Å². The van der Waals surface area contributed by atoms with Gasteiger partial charge in [-0.05, 0) is 53.4 Å². The van der Waals surface area contributed by atoms with Crippen LogP contribution in [0.1, 0.15) is 43.1 Å². The van der Waals surface area contributed by atoms with E-state index >= 15 is 0 Å². The molecule has 1 fully saturated rings. The van der Waals surface area contributed by atoms with Gasteiger partial charge in [-0.2, -0.15) is 0 Å². The molecule has 0 saturated carbocycles. The summed E-state index contributed by atoms with van der Waals surface area (Å²) in [7, 11) is 3.60. The van der Waals surface area contributed by atoms with Gasteiger partial charge in [-0.1, -0.05) is 6.07 Å². The zero-order valence-electron chi connectivity index (χ0n) is 15.3. The number of ether oxygens (including phenoxy) is 1. The van der Waals surface area contributed by atoms with Gasteiger partial charge in [-0.25, -0.2) is 4.79 Å². The lowest BCUT2D eigenvalue weighted by atomic mass is 9.96. The molecule has 26 heavy (non-hydrogen) atoms. The minimum Gasteiger partial charge on any atom is -0.496 e. The van der Waals surface area contributed by atoms with Crippen LogP contribution in [0, 0.1) is 0 Å². The Bertz CT molecular complexity index is 771. The zero-order valence-corrected chi connectivity index (χ0v) is 16.9. The average Bonchev–Trinajstić information content (AvgIpc) is 3.07.